The van der Waals surface area contributed by atoms with Crippen molar-refractivity contribution >= 4 is 0 Å². The minimum Gasteiger partial charge on any atom is -0.379 e. The van der Waals surface area contributed by atoms with Crippen molar-refractivity contribution in [2.45, 2.75) is 0 Å². The van der Waals surface area contributed by atoms with Crippen molar-refractivity contribution in [2.24, 2.45) is 12.4 Å². The van der Waals surface area contributed by atoms with Gasteiger partial charge in [-0.1, -0.05) is 0 Å². The first-order chi connectivity index (χ1) is 4.31. The summed E-state index contributed by atoms with van der Waals surface area (Å²) in [6.07, 6.45) is 5.39. The van der Waals surface area contributed by atoms with E-state index in [0.29, 0.717) is 0 Å². The first-order valence-corrected chi connectivity index (χ1v) is 2.20. The number of imidazole rings is 1. The smallest absolute Gasteiger partial charge is 0.152 e. The molecule has 50 valence electrons. The molecule has 0 bridgehead atoms. The minimum atomic E-state index is 1.25. The molecule has 0 aliphatic carbocycles. The van der Waals surface area contributed by atoms with Gasteiger partial charge in [0.15, 0.2) is 5.34 Å². The molecular formula is C4H7N3O2. The van der Waals surface area contributed by atoms with Gasteiger partial charge in [0.1, 0.15) is 0 Å². The zero-order chi connectivity index (χ0) is 7.11. The molecule has 0 spiro atoms. The Bertz CT molecular complexity index is 149. The van der Waals surface area contributed by atoms with Crippen molar-refractivity contribution in [1.29, 1.82) is 0 Å². The maximum atomic E-state index is 8.11. The summed E-state index contributed by atoms with van der Waals surface area (Å²) in [5, 5.41) is 7.89. The first kappa shape index (κ1) is 7.61. The van der Waals surface area contributed by atoms with Crippen LogP contribution in [0.1, 0.15) is 0 Å². The van der Waals surface area contributed by atoms with Crippen LogP contribution in [0.25, 0.3) is 0 Å². The summed E-state index contributed by atoms with van der Waals surface area (Å²) in [5.74, 6) is 0. The fourth-order valence-corrected chi connectivity index (χ4v) is 0.326. The molecule has 1 heterocycles. The fraction of sp³-hybridized carbons (Fsp3) is 0.250. The highest BCUT2D eigenvalue weighted by molar-refractivity contribution is 4.70. The molecule has 9 heavy (non-hydrogen) atoms. The van der Waals surface area contributed by atoms with Gasteiger partial charge in [-0.2, -0.15) is 0 Å². The van der Waals surface area contributed by atoms with E-state index < -0.39 is 0 Å². The van der Waals surface area contributed by atoms with E-state index >= 15 is 0 Å². The van der Waals surface area contributed by atoms with E-state index in [1.807, 2.05) is 17.8 Å². The van der Waals surface area contributed by atoms with Crippen molar-refractivity contribution in [1.82, 2.24) is 9.55 Å². The van der Waals surface area contributed by atoms with E-state index in [2.05, 4.69) is 4.98 Å². The van der Waals surface area contributed by atoms with Crippen LogP contribution in [0.5, 0.6) is 0 Å². The molecule has 5 heteroatoms. The number of rotatable bonds is 0. The van der Waals surface area contributed by atoms with Gasteiger partial charge in [0.25, 0.3) is 0 Å². The van der Waals surface area contributed by atoms with Crippen LogP contribution >= 0.6 is 0 Å². The second-order valence-electron chi connectivity index (χ2n) is 1.31. The SMILES string of the molecule is Cn1ccnc1.O=NO. The highest BCUT2D eigenvalue weighted by atomic mass is 16.6. The van der Waals surface area contributed by atoms with Crippen LogP contribution in [0.4, 0.5) is 0 Å². The first-order valence-electron chi connectivity index (χ1n) is 2.20. The molecule has 0 aromatic carbocycles. The third-order valence-corrected chi connectivity index (χ3v) is 0.637. The van der Waals surface area contributed by atoms with Crippen LogP contribution in [0, 0.1) is 4.91 Å². The van der Waals surface area contributed by atoms with Crippen LogP contribution < -0.4 is 0 Å². The number of nitrogens with zero attached hydrogens (tertiary/aromatic N) is 3. The highest BCUT2D eigenvalue weighted by Crippen LogP contribution is 1.73. The molecule has 0 atom stereocenters. The van der Waals surface area contributed by atoms with Gasteiger partial charge in [-0.3, -0.25) is 0 Å². The Morgan fingerprint density at radius 3 is 2.44 bits per heavy atom. The van der Waals surface area contributed by atoms with E-state index in [0.717, 1.165) is 0 Å². The summed E-state index contributed by atoms with van der Waals surface area (Å²) >= 11 is 0. The Hall–Kier alpha value is -1.39. The van der Waals surface area contributed by atoms with Crippen LogP contribution in [0.15, 0.2) is 24.1 Å². The largest absolute Gasteiger partial charge is 0.379 e. The molecule has 0 aliphatic rings. The molecule has 0 saturated heterocycles. The monoisotopic (exact) mass is 129 g/mol. The summed E-state index contributed by atoms with van der Waals surface area (Å²) in [5.41, 5.74) is 0. The van der Waals surface area contributed by atoms with E-state index in [1.54, 1.807) is 12.5 Å². The van der Waals surface area contributed by atoms with Gasteiger partial charge in [0.05, 0.1) is 6.33 Å². The molecule has 0 radical (unpaired) electrons. The van der Waals surface area contributed by atoms with Crippen LogP contribution in [0.2, 0.25) is 0 Å². The Balaban J connectivity index is 0.000000187. The van der Waals surface area contributed by atoms with Crippen molar-refractivity contribution in [2.75, 3.05) is 0 Å². The summed E-state index contributed by atoms with van der Waals surface area (Å²) in [6, 6.07) is 0. The molecule has 0 saturated carbocycles. The van der Waals surface area contributed by atoms with Crippen molar-refractivity contribution in [3.8, 4) is 0 Å². The molecule has 1 aromatic rings. The van der Waals surface area contributed by atoms with Gasteiger partial charge in [0, 0.05) is 19.4 Å². The van der Waals surface area contributed by atoms with Gasteiger partial charge >= 0.3 is 0 Å². The van der Waals surface area contributed by atoms with Crippen molar-refractivity contribution < 1.29 is 5.21 Å². The lowest BCUT2D eigenvalue weighted by Crippen LogP contribution is -1.76. The summed E-state index contributed by atoms with van der Waals surface area (Å²) in [4.78, 5) is 11.9. The van der Waals surface area contributed by atoms with Gasteiger partial charge < -0.3 is 9.77 Å². The normalized spacial score (nSPS) is 7.22. The van der Waals surface area contributed by atoms with Gasteiger partial charge in [-0.15, -0.1) is 4.91 Å². The average Bonchev–Trinajstić information content (AvgIpc) is 2.20. The van der Waals surface area contributed by atoms with E-state index in [4.69, 9.17) is 10.1 Å². The summed E-state index contributed by atoms with van der Waals surface area (Å²) in [6.45, 7) is 0. The van der Waals surface area contributed by atoms with E-state index in [9.17, 15) is 0 Å². The van der Waals surface area contributed by atoms with Crippen molar-refractivity contribution in [3.63, 3.8) is 0 Å². The summed E-state index contributed by atoms with van der Waals surface area (Å²) < 4.78 is 1.89. The summed E-state index contributed by atoms with van der Waals surface area (Å²) in [7, 11) is 1.94. The number of hydrogen-bond donors (Lipinski definition) is 1. The lowest BCUT2D eigenvalue weighted by Gasteiger charge is -1.76. The zero-order valence-corrected chi connectivity index (χ0v) is 4.93. The number of aromatic nitrogens is 2. The lowest BCUT2D eigenvalue weighted by atomic mass is 10.9. The second kappa shape index (κ2) is 4.76. The predicted octanol–water partition coefficient (Wildman–Crippen LogP) is 0.562. The number of hydrogen-bond acceptors (Lipinski definition) is 3. The molecule has 0 unspecified atom stereocenters. The third-order valence-electron chi connectivity index (χ3n) is 0.637. The molecule has 5 nitrogen and oxygen atoms in total. The van der Waals surface area contributed by atoms with E-state index in [1.165, 1.54) is 5.34 Å². The highest BCUT2D eigenvalue weighted by Gasteiger charge is 1.69. The lowest BCUT2D eigenvalue weighted by molar-refractivity contribution is 0.312. The average molecular weight is 129 g/mol. The zero-order valence-electron chi connectivity index (χ0n) is 4.93. The minimum absolute atomic E-state index is 1.25. The molecule has 1 aromatic heterocycles. The maximum absolute atomic E-state index is 8.11. The standard InChI is InChI=1S/C4H6N2.HNO2/c1-6-3-2-5-4-6;2-1-3/h2-4H,1H3;(H,2,3). The van der Waals surface area contributed by atoms with Gasteiger partial charge in [0.2, 0.25) is 0 Å². The third kappa shape index (κ3) is 4.46. The Morgan fingerprint density at radius 2 is 2.33 bits per heavy atom. The molecule has 0 fully saturated rings. The van der Waals surface area contributed by atoms with Gasteiger partial charge in [-0.25, -0.2) is 4.98 Å². The molecular weight excluding hydrogens is 122 g/mol. The predicted molar refractivity (Wildman–Crippen MR) is 30.8 cm³/mol. The molecule has 1 N–H and O–H groups in total. The Labute approximate surface area is 51.9 Å². The molecule has 1 rings (SSSR count). The number of aryl methyl sites for hydroxylation is 1. The van der Waals surface area contributed by atoms with Crippen LogP contribution in [-0.4, -0.2) is 14.8 Å². The van der Waals surface area contributed by atoms with Gasteiger partial charge in [-0.05, 0) is 0 Å². The quantitative estimate of drug-likeness (QED) is 0.411. The molecule has 0 amide bonds. The molecule has 0 aliphatic heterocycles. The maximum Gasteiger partial charge on any atom is 0.152 e. The van der Waals surface area contributed by atoms with E-state index in [-0.39, 0.29) is 0 Å². The fourth-order valence-electron chi connectivity index (χ4n) is 0.326. The Kier molecular flexibility index (Phi) is 4.03. The van der Waals surface area contributed by atoms with Crippen molar-refractivity contribution in [3.05, 3.63) is 23.6 Å². The second-order valence-corrected chi connectivity index (χ2v) is 1.31. The van der Waals surface area contributed by atoms with Crippen LogP contribution in [-0.2, 0) is 7.05 Å². The topological polar surface area (TPSA) is 67.5 Å². The Morgan fingerprint density at radius 1 is 1.78 bits per heavy atom. The van der Waals surface area contributed by atoms with Crippen LogP contribution in [0.3, 0.4) is 0 Å².